The van der Waals surface area contributed by atoms with Crippen molar-refractivity contribution in [2.45, 2.75) is 39.3 Å². The fraction of sp³-hybridized carbons (Fsp3) is 0.429. The summed E-state index contributed by atoms with van der Waals surface area (Å²) in [7, 11) is -1.62. The van der Waals surface area contributed by atoms with Gasteiger partial charge in [0.05, 0.1) is 0 Å². The number of carboxylic acids is 2. The van der Waals surface area contributed by atoms with E-state index < -0.39 is 21.0 Å². The van der Waals surface area contributed by atoms with E-state index in [-0.39, 0.29) is 47.1 Å². The molecule has 0 amide bonds. The van der Waals surface area contributed by atoms with E-state index in [4.69, 9.17) is 4.43 Å². The van der Waals surface area contributed by atoms with Crippen LogP contribution in [0.2, 0.25) is 13.1 Å². The van der Waals surface area contributed by atoms with Gasteiger partial charge in [0.25, 0.3) is 0 Å². The fourth-order valence-corrected chi connectivity index (χ4v) is 2.47. The highest BCUT2D eigenvalue weighted by Crippen LogP contribution is 2.32. The van der Waals surface area contributed by atoms with Gasteiger partial charge in [0.15, 0.2) is 0 Å². The normalized spacial score (nSPS) is 10.5. The Morgan fingerprint density at radius 2 is 1.36 bits per heavy atom. The second kappa shape index (κ2) is 8.41. The van der Waals surface area contributed by atoms with Crippen LogP contribution in [0.5, 0.6) is 5.75 Å². The Kier molecular flexibility index (Phi) is 8.80. The number of carbonyl (C=O) groups is 2. The molecule has 0 heterocycles. The highest BCUT2D eigenvalue weighted by molar-refractivity contribution is 6.49. The summed E-state index contributed by atoms with van der Waals surface area (Å²) in [4.78, 5) is 22.8. The molecule has 0 atom stereocenters. The van der Waals surface area contributed by atoms with Gasteiger partial charge in [-0.05, 0) is 36.2 Å². The molecule has 0 aliphatic heterocycles. The highest BCUT2D eigenvalue weighted by atomic mass is 35.5. The number of hydrogen-bond donors (Lipinski definition) is 2. The zero-order chi connectivity index (χ0) is 15.7. The van der Waals surface area contributed by atoms with Crippen LogP contribution in [0.15, 0.2) is 12.1 Å². The van der Waals surface area contributed by atoms with Crippen molar-refractivity contribution in [3.05, 3.63) is 28.8 Å². The van der Waals surface area contributed by atoms with Crippen LogP contribution in [-0.2, 0) is 5.41 Å². The lowest BCUT2D eigenvalue weighted by molar-refractivity contribution is 0.0693. The number of benzene rings is 1. The third kappa shape index (κ3) is 5.51. The average Bonchev–Trinajstić information content (AvgIpc) is 2.25. The van der Waals surface area contributed by atoms with E-state index >= 15 is 0 Å². The molecule has 8 heteroatoms. The van der Waals surface area contributed by atoms with Crippen molar-refractivity contribution >= 4 is 45.8 Å². The Morgan fingerprint density at radius 3 is 1.59 bits per heavy atom. The summed E-state index contributed by atoms with van der Waals surface area (Å²) in [6.45, 7) is 9.41. The van der Waals surface area contributed by atoms with Crippen LogP contribution in [0.4, 0.5) is 0 Å². The SMILES string of the molecule is C[SiH](C)Oc1c(C(=O)O)cc(C(C)(C)C)cc1C(=O)O.Cl.Cl. The van der Waals surface area contributed by atoms with Gasteiger partial charge in [-0.15, -0.1) is 24.8 Å². The minimum Gasteiger partial charge on any atom is -0.546 e. The maximum absolute atomic E-state index is 11.4. The molecule has 0 unspecified atom stereocenters. The minimum absolute atomic E-state index is 0. The molecule has 0 spiro atoms. The van der Waals surface area contributed by atoms with E-state index in [0.717, 1.165) is 0 Å². The molecule has 1 aromatic carbocycles. The second-order valence-electron chi connectivity index (χ2n) is 5.93. The Bertz CT molecular complexity index is 518. The molecule has 0 radical (unpaired) electrons. The van der Waals surface area contributed by atoms with Crippen LogP contribution in [0.25, 0.3) is 0 Å². The predicted octanol–water partition coefficient (Wildman–Crippen LogP) is 3.59. The van der Waals surface area contributed by atoms with Gasteiger partial charge < -0.3 is 14.6 Å². The number of carboxylic acid groups (broad SMARTS) is 2. The molecule has 0 saturated carbocycles. The molecule has 126 valence electrons. The molecule has 1 aromatic rings. The summed E-state index contributed by atoms with van der Waals surface area (Å²) in [5.74, 6) is -2.38. The third-order valence-corrected chi connectivity index (χ3v) is 3.48. The molecule has 2 N–H and O–H groups in total. The monoisotopic (exact) mass is 368 g/mol. The van der Waals surface area contributed by atoms with Gasteiger partial charge in [0.2, 0.25) is 9.04 Å². The van der Waals surface area contributed by atoms with Crippen molar-refractivity contribution in [2.75, 3.05) is 0 Å². The van der Waals surface area contributed by atoms with Crippen LogP contribution in [-0.4, -0.2) is 31.2 Å². The second-order valence-corrected chi connectivity index (χ2v) is 8.26. The van der Waals surface area contributed by atoms with E-state index in [1.54, 1.807) is 0 Å². The number of hydrogen-bond acceptors (Lipinski definition) is 3. The van der Waals surface area contributed by atoms with Crippen LogP contribution < -0.4 is 4.43 Å². The first kappa shape index (κ1) is 23.0. The van der Waals surface area contributed by atoms with E-state index in [2.05, 4.69) is 0 Å². The molecule has 5 nitrogen and oxygen atoms in total. The van der Waals surface area contributed by atoms with Gasteiger partial charge in [-0.1, -0.05) is 20.8 Å². The molecule has 0 aromatic heterocycles. The largest absolute Gasteiger partial charge is 0.546 e. The summed E-state index contributed by atoms with van der Waals surface area (Å²) in [6.07, 6.45) is 0. The molecule has 1 rings (SSSR count). The predicted molar refractivity (Wildman–Crippen MR) is 93.1 cm³/mol. The zero-order valence-corrected chi connectivity index (χ0v) is 16.0. The topological polar surface area (TPSA) is 83.8 Å². The first-order chi connectivity index (χ1) is 9.04. The summed E-state index contributed by atoms with van der Waals surface area (Å²) in [6, 6.07) is 3.00. The van der Waals surface area contributed by atoms with Gasteiger partial charge in [-0.25, -0.2) is 9.59 Å². The maximum atomic E-state index is 11.4. The van der Waals surface area contributed by atoms with E-state index in [0.29, 0.717) is 5.56 Å². The summed E-state index contributed by atoms with van der Waals surface area (Å²) >= 11 is 0. The number of rotatable bonds is 4. The lowest BCUT2D eigenvalue weighted by Gasteiger charge is -2.23. The first-order valence-electron chi connectivity index (χ1n) is 6.35. The van der Waals surface area contributed by atoms with Crippen LogP contribution in [0, 0.1) is 0 Å². The number of aromatic carboxylic acids is 2. The lowest BCUT2D eigenvalue weighted by Crippen LogP contribution is -2.20. The summed E-state index contributed by atoms with van der Waals surface area (Å²) < 4.78 is 5.54. The summed E-state index contributed by atoms with van der Waals surface area (Å²) in [5, 5.41) is 18.6. The third-order valence-electron chi connectivity index (χ3n) is 2.77. The van der Waals surface area contributed by atoms with Crippen LogP contribution in [0.3, 0.4) is 0 Å². The fourth-order valence-electron chi connectivity index (χ4n) is 1.74. The molecule has 22 heavy (non-hydrogen) atoms. The van der Waals surface area contributed by atoms with Crippen LogP contribution in [0.1, 0.15) is 47.1 Å². The van der Waals surface area contributed by atoms with Crippen molar-refractivity contribution in [3.8, 4) is 5.75 Å². The lowest BCUT2D eigenvalue weighted by atomic mass is 9.84. The first-order valence-corrected chi connectivity index (χ1v) is 9.14. The highest BCUT2D eigenvalue weighted by Gasteiger charge is 2.26. The van der Waals surface area contributed by atoms with Gasteiger partial charge in [0, 0.05) is 0 Å². The smallest absolute Gasteiger partial charge is 0.339 e. The maximum Gasteiger partial charge on any atom is 0.339 e. The molecular formula is C14H22Cl2O5Si. The zero-order valence-electron chi connectivity index (χ0n) is 13.2. The molecule has 0 saturated heterocycles. The van der Waals surface area contributed by atoms with Crippen molar-refractivity contribution in [3.63, 3.8) is 0 Å². The van der Waals surface area contributed by atoms with Crippen molar-refractivity contribution in [1.29, 1.82) is 0 Å². The van der Waals surface area contributed by atoms with Crippen molar-refractivity contribution in [2.24, 2.45) is 0 Å². The Hall–Kier alpha value is -1.24. The van der Waals surface area contributed by atoms with Gasteiger partial charge in [-0.2, -0.15) is 0 Å². The molecular weight excluding hydrogens is 347 g/mol. The van der Waals surface area contributed by atoms with E-state index in [1.165, 1.54) is 12.1 Å². The van der Waals surface area contributed by atoms with Gasteiger partial charge in [0.1, 0.15) is 16.9 Å². The molecule has 0 aliphatic rings. The van der Waals surface area contributed by atoms with Crippen LogP contribution >= 0.6 is 24.8 Å². The Morgan fingerprint density at radius 1 is 1.00 bits per heavy atom. The van der Waals surface area contributed by atoms with E-state index in [1.807, 2.05) is 33.9 Å². The van der Waals surface area contributed by atoms with Crippen molar-refractivity contribution < 1.29 is 24.2 Å². The van der Waals surface area contributed by atoms with E-state index in [9.17, 15) is 19.8 Å². The van der Waals surface area contributed by atoms with Gasteiger partial charge in [-0.3, -0.25) is 0 Å². The minimum atomic E-state index is -1.62. The Balaban J connectivity index is 0. The standard InChI is InChI=1S/C14H20O5Si.2ClH/c1-14(2,3)8-6-9(12(15)16)11(19-20(4)5)10(7-8)13(17)18;;/h6-7,20H,1-5H3,(H,15,16)(H,17,18);2*1H. The molecule has 0 fully saturated rings. The Labute approximate surface area is 144 Å². The average molecular weight is 369 g/mol. The molecule has 0 bridgehead atoms. The van der Waals surface area contributed by atoms with Crippen molar-refractivity contribution in [1.82, 2.24) is 0 Å². The quantitative estimate of drug-likeness (QED) is 0.793. The summed E-state index contributed by atoms with van der Waals surface area (Å²) in [5.41, 5.74) is 0.138. The van der Waals surface area contributed by atoms with Gasteiger partial charge >= 0.3 is 11.9 Å². The molecule has 0 aliphatic carbocycles. The number of halogens is 2.